The highest BCUT2D eigenvalue weighted by Crippen LogP contribution is 2.32. The molecule has 1 aromatic heterocycles. The number of piperidine rings is 1. The molecule has 0 aliphatic carbocycles. The predicted octanol–water partition coefficient (Wildman–Crippen LogP) is 3.84. The van der Waals surface area contributed by atoms with Crippen molar-refractivity contribution in [1.82, 2.24) is 4.90 Å². The first-order valence-electron chi connectivity index (χ1n) is 11.8. The number of hydrogen-bond acceptors (Lipinski definition) is 6. The van der Waals surface area contributed by atoms with Gasteiger partial charge >= 0.3 is 18.0 Å². The summed E-state index contributed by atoms with van der Waals surface area (Å²) in [5.74, 6) is -1.37. The molecule has 0 radical (unpaired) electrons. The van der Waals surface area contributed by atoms with E-state index in [1.54, 1.807) is 34.0 Å². The maximum atomic E-state index is 13.1. The Morgan fingerprint density at radius 3 is 2.62 bits per heavy atom. The normalized spacial score (nSPS) is 16.4. The summed E-state index contributed by atoms with van der Waals surface area (Å²) in [4.78, 5) is 39.6. The lowest BCUT2D eigenvalue weighted by atomic mass is 9.85. The molecule has 1 aliphatic rings. The summed E-state index contributed by atoms with van der Waals surface area (Å²) < 4.78 is 17.5. The topological polar surface area (TPSA) is 86.0 Å². The van der Waals surface area contributed by atoms with Crippen molar-refractivity contribution in [1.29, 1.82) is 0 Å². The highest BCUT2D eigenvalue weighted by Gasteiger charge is 2.39. The van der Waals surface area contributed by atoms with E-state index in [1.807, 2.05) is 37.3 Å². The van der Waals surface area contributed by atoms with Gasteiger partial charge in [-0.1, -0.05) is 43.7 Å². The van der Waals surface area contributed by atoms with Crippen LogP contribution >= 0.6 is 0 Å². The molecule has 1 saturated heterocycles. The first-order chi connectivity index (χ1) is 16.5. The molecule has 1 amide bonds. The summed E-state index contributed by atoms with van der Waals surface area (Å²) in [7, 11) is 1.36. The Bertz CT molecular complexity index is 965. The van der Waals surface area contributed by atoms with Crippen molar-refractivity contribution >= 4 is 18.0 Å². The van der Waals surface area contributed by atoms with E-state index in [0.717, 1.165) is 31.2 Å². The molecule has 2 aromatic rings. The third-order valence-electron chi connectivity index (χ3n) is 5.94. The smallest absolute Gasteiger partial charge is 0.414 e. The van der Waals surface area contributed by atoms with Crippen LogP contribution in [0.15, 0.2) is 54.9 Å². The number of rotatable bonds is 9. The molecule has 0 saturated carbocycles. The second-order valence-electron chi connectivity index (χ2n) is 8.30. The van der Waals surface area contributed by atoms with Crippen LogP contribution in [0.3, 0.4) is 0 Å². The van der Waals surface area contributed by atoms with Crippen molar-refractivity contribution in [3.05, 3.63) is 66.0 Å². The molecule has 1 aromatic carbocycles. The van der Waals surface area contributed by atoms with Gasteiger partial charge in [0.25, 0.3) is 6.73 Å². The van der Waals surface area contributed by atoms with Crippen molar-refractivity contribution in [3.8, 4) is 0 Å². The fraction of sp³-hybridized carbons (Fsp3) is 0.462. The molecule has 8 nitrogen and oxygen atoms in total. The van der Waals surface area contributed by atoms with Gasteiger partial charge in [-0.3, -0.25) is 4.79 Å². The summed E-state index contributed by atoms with van der Waals surface area (Å²) in [5.41, 5.74) is 1.20. The Morgan fingerprint density at radius 2 is 1.88 bits per heavy atom. The number of aromatic nitrogens is 1. The molecule has 0 N–H and O–H groups in total. The molecule has 34 heavy (non-hydrogen) atoms. The largest absolute Gasteiger partial charge is 0.468 e. The number of methoxy groups -OCH3 is 1. The lowest BCUT2D eigenvalue weighted by Gasteiger charge is -2.38. The van der Waals surface area contributed by atoms with Gasteiger partial charge in [0.1, 0.15) is 11.5 Å². The summed E-state index contributed by atoms with van der Waals surface area (Å²) in [6.07, 6.45) is 6.97. The molecule has 8 heteroatoms. The van der Waals surface area contributed by atoms with Gasteiger partial charge in [0.05, 0.1) is 19.8 Å². The second-order valence-corrected chi connectivity index (χ2v) is 8.30. The molecule has 2 heterocycles. The zero-order chi connectivity index (χ0) is 24.3. The summed E-state index contributed by atoms with van der Waals surface area (Å²) in [6.45, 7) is 2.84. The van der Waals surface area contributed by atoms with E-state index in [9.17, 15) is 14.4 Å². The highest BCUT2D eigenvalue weighted by molar-refractivity contribution is 5.88. The average molecular weight is 470 g/mol. The number of likely N-dealkylation sites (tertiary alicyclic amines) is 1. The Balaban J connectivity index is 1.69. The van der Waals surface area contributed by atoms with Gasteiger partial charge in [0.15, 0.2) is 12.4 Å². The molecule has 0 spiro atoms. The van der Waals surface area contributed by atoms with Crippen LogP contribution in [0, 0.1) is 0 Å². The van der Waals surface area contributed by atoms with E-state index in [0.29, 0.717) is 25.1 Å². The number of ether oxygens (including phenoxy) is 3. The first kappa shape index (κ1) is 25.2. The van der Waals surface area contributed by atoms with Gasteiger partial charge in [-0.25, -0.2) is 9.59 Å². The van der Waals surface area contributed by atoms with Crippen LogP contribution in [0.2, 0.25) is 0 Å². The number of unbranched alkanes of at least 4 members (excludes halogenated alkanes) is 1. The van der Waals surface area contributed by atoms with Crippen LogP contribution in [0.4, 0.5) is 4.79 Å². The Labute approximate surface area is 200 Å². The van der Waals surface area contributed by atoms with Crippen LogP contribution in [-0.2, 0) is 25.7 Å². The summed E-state index contributed by atoms with van der Waals surface area (Å²) in [5, 5.41) is 0. The fourth-order valence-electron chi connectivity index (χ4n) is 4.16. The summed E-state index contributed by atoms with van der Waals surface area (Å²) in [6, 6.07) is 12.4. The molecule has 3 rings (SSSR count). The van der Waals surface area contributed by atoms with Gasteiger partial charge in [0.2, 0.25) is 0 Å². The second kappa shape index (κ2) is 12.7. The van der Waals surface area contributed by atoms with Gasteiger partial charge in [-0.05, 0) is 37.3 Å². The molecule has 2 unspecified atom stereocenters. The maximum Gasteiger partial charge on any atom is 0.414 e. The van der Waals surface area contributed by atoms with E-state index in [4.69, 9.17) is 14.2 Å². The average Bonchev–Trinajstić information content (AvgIpc) is 2.88. The van der Waals surface area contributed by atoms with Crippen LogP contribution in [0.1, 0.15) is 60.9 Å². The predicted molar refractivity (Wildman–Crippen MR) is 124 cm³/mol. The van der Waals surface area contributed by atoms with Crippen molar-refractivity contribution in [2.75, 3.05) is 20.3 Å². The van der Waals surface area contributed by atoms with Crippen LogP contribution in [0.25, 0.3) is 0 Å². The molecular formula is C26H33N2O6+. The number of pyridine rings is 1. The minimum absolute atomic E-state index is 0.0631. The quantitative estimate of drug-likeness (QED) is 0.240. The van der Waals surface area contributed by atoms with Crippen LogP contribution in [-0.4, -0.2) is 49.2 Å². The Kier molecular flexibility index (Phi) is 9.43. The number of hydrogen-bond donors (Lipinski definition) is 0. The molecule has 1 aliphatic heterocycles. The Morgan fingerprint density at radius 1 is 1.09 bits per heavy atom. The van der Waals surface area contributed by atoms with Crippen LogP contribution in [0.5, 0.6) is 0 Å². The number of carbonyl (C=O) groups excluding carboxylic acids is 3. The molecule has 2 atom stereocenters. The van der Waals surface area contributed by atoms with Crippen LogP contribution < -0.4 is 4.57 Å². The van der Waals surface area contributed by atoms with E-state index < -0.39 is 18.0 Å². The van der Waals surface area contributed by atoms with Crippen molar-refractivity contribution in [3.63, 3.8) is 0 Å². The van der Waals surface area contributed by atoms with E-state index in [1.165, 1.54) is 7.11 Å². The minimum atomic E-state index is -0.590. The maximum absolute atomic E-state index is 13.1. The van der Waals surface area contributed by atoms with Crippen molar-refractivity contribution < 1.29 is 33.2 Å². The number of benzene rings is 1. The third-order valence-corrected chi connectivity index (χ3v) is 5.94. The zero-order valence-corrected chi connectivity index (χ0v) is 19.9. The highest BCUT2D eigenvalue weighted by atomic mass is 16.6. The number of amides is 1. The van der Waals surface area contributed by atoms with E-state index in [-0.39, 0.29) is 18.7 Å². The molecule has 182 valence electrons. The summed E-state index contributed by atoms with van der Waals surface area (Å²) >= 11 is 0. The lowest BCUT2D eigenvalue weighted by molar-refractivity contribution is -0.727. The van der Waals surface area contributed by atoms with Gasteiger partial charge < -0.3 is 19.1 Å². The number of esters is 2. The first-order valence-corrected chi connectivity index (χ1v) is 11.8. The standard InChI is InChI=1S/C26H33N2O6/c1-3-4-17-33-24(29)21-13-10-15-27(18-21)19-34-26(31)28-16-9-8-14-22(28)23(25(30)32-2)20-11-6-5-7-12-20/h5-7,10-13,15,18,22-23H,3-4,8-9,14,16-17,19H2,1-2H3/q+1. The Hall–Kier alpha value is -3.42. The minimum Gasteiger partial charge on any atom is -0.468 e. The lowest BCUT2D eigenvalue weighted by Crippen LogP contribution is -2.50. The van der Waals surface area contributed by atoms with Crippen molar-refractivity contribution in [2.45, 2.75) is 57.7 Å². The monoisotopic (exact) mass is 469 g/mol. The number of carbonyl (C=O) groups is 3. The molecular weight excluding hydrogens is 436 g/mol. The molecule has 0 bridgehead atoms. The van der Waals surface area contributed by atoms with Gasteiger partial charge in [-0.2, -0.15) is 4.57 Å². The van der Waals surface area contributed by atoms with Crippen molar-refractivity contribution in [2.24, 2.45) is 0 Å². The fourth-order valence-corrected chi connectivity index (χ4v) is 4.16. The zero-order valence-electron chi connectivity index (χ0n) is 19.9. The third kappa shape index (κ3) is 6.56. The van der Waals surface area contributed by atoms with E-state index in [2.05, 4.69) is 0 Å². The SMILES string of the molecule is CCCCOC(=O)c1ccc[n+](COC(=O)N2CCCCC2C(C(=O)OC)c2ccccc2)c1. The molecule has 1 fully saturated rings. The van der Waals surface area contributed by atoms with E-state index >= 15 is 0 Å². The number of nitrogens with zero attached hydrogens (tertiary/aromatic N) is 2. The van der Waals surface area contributed by atoms with Gasteiger partial charge in [0, 0.05) is 12.6 Å². The van der Waals surface area contributed by atoms with Gasteiger partial charge in [-0.15, -0.1) is 0 Å².